The van der Waals surface area contributed by atoms with Gasteiger partial charge in [0.1, 0.15) is 5.75 Å². The maximum atomic E-state index is 6.00. The fourth-order valence-electron chi connectivity index (χ4n) is 5.41. The molecule has 36 heavy (non-hydrogen) atoms. The minimum Gasteiger partial charge on any atom is -0.496 e. The van der Waals surface area contributed by atoms with Crippen LogP contribution in [0.15, 0.2) is 109 Å². The zero-order chi connectivity index (χ0) is 23.9. The molecule has 6 rings (SSSR count). The summed E-state index contributed by atoms with van der Waals surface area (Å²) in [5.41, 5.74) is 8.41. The molecule has 5 aromatic rings. The van der Waals surface area contributed by atoms with Crippen molar-refractivity contribution in [3.05, 3.63) is 126 Å². The average molecular weight is 538 g/mol. The summed E-state index contributed by atoms with van der Waals surface area (Å²) in [6, 6.07) is 39.1. The third-order valence-electron chi connectivity index (χ3n) is 7.02. The van der Waals surface area contributed by atoms with Crippen molar-refractivity contribution >= 4 is 50.5 Å². The van der Waals surface area contributed by atoms with Crippen molar-refractivity contribution < 1.29 is 4.74 Å². The number of hydrogen-bond donors (Lipinski definition) is 0. The number of fused-ring (bicyclic) bond motifs is 3. The van der Waals surface area contributed by atoms with Crippen LogP contribution in [0, 0.1) is 0 Å². The third-order valence-corrected chi connectivity index (χ3v) is 7.02. The molecule has 0 saturated carbocycles. The summed E-state index contributed by atoms with van der Waals surface area (Å²) in [6.45, 7) is 0. The molecule has 1 atom stereocenters. The van der Waals surface area contributed by atoms with E-state index in [1.54, 1.807) is 7.11 Å². The zero-order valence-corrected chi connectivity index (χ0v) is 22.4. The van der Waals surface area contributed by atoms with Gasteiger partial charge in [0, 0.05) is 37.0 Å². The highest BCUT2D eigenvalue weighted by Gasteiger charge is 2.35. The lowest BCUT2D eigenvalue weighted by Gasteiger charge is -2.39. The number of hydrogen-bond acceptors (Lipinski definition) is 3. The number of methoxy groups -OCH3 is 1. The Balaban J connectivity index is 0.00000267. The summed E-state index contributed by atoms with van der Waals surface area (Å²) in [6.07, 6.45) is 0. The first kappa shape index (κ1) is 24.0. The summed E-state index contributed by atoms with van der Waals surface area (Å²) >= 11 is 0. The van der Waals surface area contributed by atoms with Gasteiger partial charge in [-0.25, -0.2) is 0 Å². The van der Waals surface area contributed by atoms with Crippen molar-refractivity contribution in [1.82, 2.24) is 0 Å². The molecule has 3 nitrogen and oxygen atoms in total. The molecule has 180 valence electrons. The standard InChI is InChI=1S/C32H28N2O.BrH/c1-33(2)24-19-20-27-29(21-24)34(23-13-5-4-6-14-23)28-17-10-18-30(35-3)32(28)31(27)26-16-9-12-22-11-7-8-15-25(22)26;/h4-21,31H,1-3H3;1H. The van der Waals surface area contributed by atoms with Crippen molar-refractivity contribution in [2.45, 2.75) is 5.92 Å². The maximum Gasteiger partial charge on any atom is 0.125 e. The molecule has 0 amide bonds. The van der Waals surface area contributed by atoms with Crippen LogP contribution in [0.4, 0.5) is 22.7 Å². The smallest absolute Gasteiger partial charge is 0.125 e. The monoisotopic (exact) mass is 536 g/mol. The van der Waals surface area contributed by atoms with E-state index in [1.807, 2.05) is 0 Å². The van der Waals surface area contributed by atoms with Crippen molar-refractivity contribution in [1.29, 1.82) is 0 Å². The summed E-state index contributed by atoms with van der Waals surface area (Å²) < 4.78 is 6.00. The number of rotatable bonds is 4. The molecule has 0 aliphatic carbocycles. The Labute approximate surface area is 223 Å². The van der Waals surface area contributed by atoms with Crippen molar-refractivity contribution in [2.75, 3.05) is 31.0 Å². The lowest BCUT2D eigenvalue weighted by atomic mass is 9.78. The highest BCUT2D eigenvalue weighted by molar-refractivity contribution is 8.93. The Bertz CT molecular complexity index is 1530. The first-order valence-electron chi connectivity index (χ1n) is 12.0. The van der Waals surface area contributed by atoms with Gasteiger partial charge in [0.05, 0.1) is 18.5 Å². The molecule has 0 bridgehead atoms. The Kier molecular flexibility index (Phi) is 6.46. The topological polar surface area (TPSA) is 15.7 Å². The quantitative estimate of drug-likeness (QED) is 0.224. The Morgan fingerprint density at radius 3 is 2.19 bits per heavy atom. The largest absolute Gasteiger partial charge is 0.496 e. The fourth-order valence-corrected chi connectivity index (χ4v) is 5.41. The maximum absolute atomic E-state index is 6.00. The minimum absolute atomic E-state index is 0. The van der Waals surface area contributed by atoms with Gasteiger partial charge < -0.3 is 14.5 Å². The highest BCUT2D eigenvalue weighted by atomic mass is 79.9. The number of halogens is 1. The van der Waals surface area contributed by atoms with Crippen LogP contribution >= 0.6 is 17.0 Å². The van der Waals surface area contributed by atoms with E-state index in [-0.39, 0.29) is 22.9 Å². The number of anilines is 4. The molecule has 0 fully saturated rings. The van der Waals surface area contributed by atoms with E-state index in [0.717, 1.165) is 17.1 Å². The summed E-state index contributed by atoms with van der Waals surface area (Å²) in [4.78, 5) is 4.54. The van der Waals surface area contributed by atoms with E-state index in [4.69, 9.17) is 4.74 Å². The average Bonchev–Trinajstić information content (AvgIpc) is 2.91. The molecule has 0 radical (unpaired) electrons. The molecular weight excluding hydrogens is 508 g/mol. The second-order valence-electron chi connectivity index (χ2n) is 9.20. The predicted octanol–water partition coefficient (Wildman–Crippen LogP) is 8.46. The van der Waals surface area contributed by atoms with E-state index in [0.29, 0.717) is 0 Å². The molecule has 0 spiro atoms. The number of para-hydroxylation sites is 1. The van der Waals surface area contributed by atoms with E-state index in [2.05, 4.69) is 133 Å². The van der Waals surface area contributed by atoms with Crippen molar-refractivity contribution in [3.63, 3.8) is 0 Å². The van der Waals surface area contributed by atoms with Gasteiger partial charge in [-0.3, -0.25) is 0 Å². The Morgan fingerprint density at radius 2 is 1.42 bits per heavy atom. The molecule has 0 aromatic heterocycles. The predicted molar refractivity (Wildman–Crippen MR) is 157 cm³/mol. The molecule has 0 saturated heterocycles. The van der Waals surface area contributed by atoms with Crippen molar-refractivity contribution in [3.8, 4) is 5.75 Å². The number of nitrogens with zero attached hydrogens (tertiary/aromatic N) is 2. The SMILES string of the molecule is Br.COc1cccc2c1C(c1cccc3ccccc13)c1ccc(N(C)C)cc1N2c1ccccc1. The number of ether oxygens (including phenoxy) is 1. The Morgan fingerprint density at radius 1 is 0.694 bits per heavy atom. The molecule has 4 heteroatoms. The zero-order valence-electron chi connectivity index (χ0n) is 20.7. The van der Waals surface area contributed by atoms with Crippen LogP contribution in [0.5, 0.6) is 5.75 Å². The van der Waals surface area contributed by atoms with Gasteiger partial charge in [0.25, 0.3) is 0 Å². The van der Waals surface area contributed by atoms with Gasteiger partial charge >= 0.3 is 0 Å². The van der Waals surface area contributed by atoms with Gasteiger partial charge in [0.2, 0.25) is 0 Å². The van der Waals surface area contributed by atoms with Crippen LogP contribution in [-0.4, -0.2) is 21.2 Å². The van der Waals surface area contributed by atoms with E-state index in [1.165, 1.54) is 38.8 Å². The van der Waals surface area contributed by atoms with Crippen molar-refractivity contribution in [2.24, 2.45) is 0 Å². The highest BCUT2D eigenvalue weighted by Crippen LogP contribution is 2.55. The lowest BCUT2D eigenvalue weighted by molar-refractivity contribution is 0.409. The summed E-state index contributed by atoms with van der Waals surface area (Å²) in [5.74, 6) is 0.946. The molecular formula is C32H29BrN2O. The summed E-state index contributed by atoms with van der Waals surface area (Å²) in [5, 5.41) is 2.52. The van der Waals surface area contributed by atoms with E-state index < -0.39 is 0 Å². The first-order chi connectivity index (χ1) is 17.2. The molecule has 1 heterocycles. The second-order valence-corrected chi connectivity index (χ2v) is 9.20. The van der Waals surface area contributed by atoms with Gasteiger partial charge in [0.15, 0.2) is 0 Å². The van der Waals surface area contributed by atoms with Gasteiger partial charge in [-0.05, 0) is 58.3 Å². The molecule has 0 N–H and O–H groups in total. The second kappa shape index (κ2) is 9.71. The van der Waals surface area contributed by atoms with E-state index >= 15 is 0 Å². The van der Waals surface area contributed by atoms with Gasteiger partial charge in [-0.2, -0.15) is 0 Å². The normalized spacial score (nSPS) is 14.0. The Hall–Kier alpha value is -3.76. The molecule has 1 aliphatic heterocycles. The first-order valence-corrected chi connectivity index (χ1v) is 12.0. The fraction of sp³-hybridized carbons (Fsp3) is 0.125. The van der Waals surface area contributed by atoms with Gasteiger partial charge in [-0.1, -0.05) is 72.8 Å². The van der Waals surface area contributed by atoms with Crippen LogP contribution in [0.2, 0.25) is 0 Å². The molecule has 1 unspecified atom stereocenters. The summed E-state index contributed by atoms with van der Waals surface area (Å²) in [7, 11) is 5.96. The van der Waals surface area contributed by atoms with Gasteiger partial charge in [-0.15, -0.1) is 17.0 Å². The van der Waals surface area contributed by atoms with Crippen LogP contribution in [0.3, 0.4) is 0 Å². The van der Waals surface area contributed by atoms with Crippen LogP contribution in [0.1, 0.15) is 22.6 Å². The number of benzene rings is 5. The third kappa shape index (κ3) is 3.82. The minimum atomic E-state index is 0. The van der Waals surface area contributed by atoms with Crippen LogP contribution in [0.25, 0.3) is 10.8 Å². The van der Waals surface area contributed by atoms with E-state index in [9.17, 15) is 0 Å². The lowest BCUT2D eigenvalue weighted by Crippen LogP contribution is -2.23. The van der Waals surface area contributed by atoms with Crippen LogP contribution in [-0.2, 0) is 0 Å². The van der Waals surface area contributed by atoms with Crippen LogP contribution < -0.4 is 14.5 Å². The molecule has 1 aliphatic rings. The molecule has 5 aromatic carbocycles.